The Morgan fingerprint density at radius 1 is 1.23 bits per heavy atom. The zero-order chi connectivity index (χ0) is 25.7. The molecule has 3 rings (SSSR count). The van der Waals surface area contributed by atoms with Gasteiger partial charge in [-0.05, 0) is 46.7 Å². The van der Waals surface area contributed by atoms with Crippen molar-refractivity contribution in [3.63, 3.8) is 0 Å². The minimum absolute atomic E-state index is 0.0146. The molecule has 8 nitrogen and oxygen atoms in total. The molecule has 188 valence electrons. The van der Waals surface area contributed by atoms with E-state index in [1.807, 2.05) is 19.1 Å². The standard InChI is InChI=1S/C26H30INO7/c1-6-11-32-26(31)23-18(14-33-20-10-9-17(8-3)13-19(20)27)15(4)22-21(24(29)28(22)23)16(5)25(30)35-34-12-7-2/h6-7,9-10,13,15-16,21-22H,1-2,8,11-12,14H2,3-5H3/t15-,16?,21?,22?/m0/s1. The quantitative estimate of drug-likeness (QED) is 0.0687. The van der Waals surface area contributed by atoms with E-state index in [-0.39, 0.29) is 37.3 Å². The molecule has 0 bridgehead atoms. The molecule has 3 unspecified atom stereocenters. The fourth-order valence-corrected chi connectivity index (χ4v) is 5.18. The van der Waals surface area contributed by atoms with E-state index in [9.17, 15) is 14.4 Å². The second-order valence-corrected chi connectivity index (χ2v) is 9.61. The fourth-order valence-electron chi connectivity index (χ4n) is 4.44. The average Bonchev–Trinajstić information content (AvgIpc) is 3.09. The summed E-state index contributed by atoms with van der Waals surface area (Å²) in [4.78, 5) is 49.6. The van der Waals surface area contributed by atoms with Crippen molar-refractivity contribution in [1.29, 1.82) is 0 Å². The minimum Gasteiger partial charge on any atom is -0.488 e. The van der Waals surface area contributed by atoms with Crippen molar-refractivity contribution in [3.05, 3.63) is 63.9 Å². The van der Waals surface area contributed by atoms with E-state index in [1.54, 1.807) is 6.92 Å². The Bertz CT molecular complexity index is 1050. The Balaban J connectivity index is 1.84. The lowest BCUT2D eigenvalue weighted by Gasteiger charge is -2.47. The summed E-state index contributed by atoms with van der Waals surface area (Å²) in [5.41, 5.74) is 2.02. The van der Waals surface area contributed by atoms with Crippen molar-refractivity contribution in [2.45, 2.75) is 33.2 Å². The molecule has 1 saturated heterocycles. The van der Waals surface area contributed by atoms with Gasteiger partial charge in [-0.25, -0.2) is 9.59 Å². The number of hydrogen-bond donors (Lipinski definition) is 0. The average molecular weight is 595 g/mol. The second kappa shape index (κ2) is 11.9. The first-order valence-electron chi connectivity index (χ1n) is 11.5. The number of ether oxygens (including phenoxy) is 2. The Labute approximate surface area is 219 Å². The van der Waals surface area contributed by atoms with Gasteiger partial charge in [0.25, 0.3) is 0 Å². The summed E-state index contributed by atoms with van der Waals surface area (Å²) in [6.07, 6.45) is 3.82. The van der Waals surface area contributed by atoms with Gasteiger partial charge in [0.05, 0.1) is 21.4 Å². The van der Waals surface area contributed by atoms with Crippen molar-refractivity contribution in [3.8, 4) is 5.75 Å². The summed E-state index contributed by atoms with van der Waals surface area (Å²) in [6.45, 7) is 12.9. The Morgan fingerprint density at radius 3 is 2.57 bits per heavy atom. The number of esters is 1. The molecule has 4 atom stereocenters. The van der Waals surface area contributed by atoms with Crippen LogP contribution in [0.15, 0.2) is 54.8 Å². The van der Waals surface area contributed by atoms with Gasteiger partial charge in [0.2, 0.25) is 5.91 Å². The molecule has 0 radical (unpaired) electrons. The number of amides is 1. The molecule has 0 N–H and O–H groups in total. The van der Waals surface area contributed by atoms with Gasteiger partial charge < -0.3 is 14.4 Å². The molecule has 2 heterocycles. The minimum atomic E-state index is -0.760. The monoisotopic (exact) mass is 595 g/mol. The van der Waals surface area contributed by atoms with E-state index < -0.39 is 29.8 Å². The van der Waals surface area contributed by atoms with Crippen LogP contribution in [0.25, 0.3) is 0 Å². The normalized spacial score (nSPS) is 21.7. The molecule has 2 aliphatic rings. The predicted octanol–water partition coefficient (Wildman–Crippen LogP) is 3.99. The van der Waals surface area contributed by atoms with Gasteiger partial charge in [0.1, 0.15) is 31.3 Å². The third-order valence-corrected chi connectivity index (χ3v) is 7.19. The molecule has 1 aromatic carbocycles. The Morgan fingerprint density at radius 2 is 1.94 bits per heavy atom. The molecule has 0 aliphatic carbocycles. The third-order valence-electron chi connectivity index (χ3n) is 6.35. The highest BCUT2D eigenvalue weighted by Crippen LogP contribution is 2.49. The number of nitrogens with zero attached hydrogens (tertiary/aromatic N) is 1. The number of β-lactam (4-membered cyclic amide) rings is 1. The maximum absolute atomic E-state index is 13.2. The molecule has 1 amide bonds. The summed E-state index contributed by atoms with van der Waals surface area (Å²) < 4.78 is 12.3. The van der Waals surface area contributed by atoms with Gasteiger partial charge in [-0.2, -0.15) is 4.89 Å². The highest BCUT2D eigenvalue weighted by atomic mass is 127. The van der Waals surface area contributed by atoms with E-state index in [0.717, 1.165) is 9.99 Å². The highest BCUT2D eigenvalue weighted by Gasteiger charge is 2.61. The number of benzene rings is 1. The summed E-state index contributed by atoms with van der Waals surface area (Å²) in [7, 11) is 0. The van der Waals surface area contributed by atoms with Crippen LogP contribution in [0.2, 0.25) is 0 Å². The van der Waals surface area contributed by atoms with Crippen molar-refractivity contribution >= 4 is 40.4 Å². The van der Waals surface area contributed by atoms with Gasteiger partial charge in [-0.15, -0.1) is 6.58 Å². The molecule has 0 spiro atoms. The fraction of sp³-hybridized carbons (Fsp3) is 0.423. The Hall–Kier alpha value is -2.66. The number of rotatable bonds is 12. The van der Waals surface area contributed by atoms with Gasteiger partial charge in [-0.1, -0.05) is 45.6 Å². The van der Waals surface area contributed by atoms with Crippen LogP contribution in [-0.4, -0.2) is 48.6 Å². The van der Waals surface area contributed by atoms with Crippen LogP contribution >= 0.6 is 22.6 Å². The number of hydrogen-bond acceptors (Lipinski definition) is 7. The van der Waals surface area contributed by atoms with Gasteiger partial charge in [0, 0.05) is 11.5 Å². The van der Waals surface area contributed by atoms with Crippen LogP contribution in [0.1, 0.15) is 26.3 Å². The predicted molar refractivity (Wildman–Crippen MR) is 137 cm³/mol. The number of halogens is 1. The first-order chi connectivity index (χ1) is 16.8. The number of fused-ring (bicyclic) bond motifs is 1. The van der Waals surface area contributed by atoms with Crippen LogP contribution < -0.4 is 4.74 Å². The summed E-state index contributed by atoms with van der Waals surface area (Å²) >= 11 is 2.22. The highest BCUT2D eigenvalue weighted by molar-refractivity contribution is 14.1. The Kier molecular flexibility index (Phi) is 9.12. The van der Waals surface area contributed by atoms with Crippen LogP contribution in [0.5, 0.6) is 5.75 Å². The van der Waals surface area contributed by atoms with E-state index in [4.69, 9.17) is 19.2 Å². The molecule has 1 aromatic rings. The van der Waals surface area contributed by atoms with Gasteiger partial charge >= 0.3 is 11.9 Å². The van der Waals surface area contributed by atoms with Crippen molar-refractivity contribution in [2.75, 3.05) is 19.8 Å². The van der Waals surface area contributed by atoms with Crippen LogP contribution in [0.4, 0.5) is 0 Å². The van der Waals surface area contributed by atoms with Crippen LogP contribution in [-0.2, 0) is 35.3 Å². The van der Waals surface area contributed by atoms with E-state index >= 15 is 0 Å². The lowest BCUT2D eigenvalue weighted by molar-refractivity contribution is -0.271. The summed E-state index contributed by atoms with van der Waals surface area (Å²) in [5, 5.41) is 0. The van der Waals surface area contributed by atoms with Crippen molar-refractivity contribution < 1.29 is 33.6 Å². The smallest absolute Gasteiger partial charge is 0.355 e. The zero-order valence-corrected chi connectivity index (χ0v) is 22.3. The maximum Gasteiger partial charge on any atom is 0.355 e. The molecule has 0 saturated carbocycles. The lowest BCUT2D eigenvalue weighted by atomic mass is 9.74. The van der Waals surface area contributed by atoms with E-state index in [2.05, 4.69) is 48.7 Å². The molecule has 2 aliphatic heterocycles. The molecule has 9 heteroatoms. The van der Waals surface area contributed by atoms with Gasteiger partial charge in [-0.3, -0.25) is 9.68 Å². The number of carbonyl (C=O) groups excluding carboxylic acids is 3. The molecular weight excluding hydrogens is 565 g/mol. The van der Waals surface area contributed by atoms with Crippen molar-refractivity contribution in [1.82, 2.24) is 4.90 Å². The third kappa shape index (κ3) is 5.45. The van der Waals surface area contributed by atoms with Crippen LogP contribution in [0, 0.1) is 21.3 Å². The largest absolute Gasteiger partial charge is 0.488 e. The molecule has 35 heavy (non-hydrogen) atoms. The van der Waals surface area contributed by atoms with Gasteiger partial charge in [0.15, 0.2) is 0 Å². The summed E-state index contributed by atoms with van der Waals surface area (Å²) in [6, 6.07) is 5.56. The van der Waals surface area contributed by atoms with Crippen LogP contribution in [0.3, 0.4) is 0 Å². The zero-order valence-electron chi connectivity index (χ0n) is 20.1. The van der Waals surface area contributed by atoms with Crippen molar-refractivity contribution in [2.24, 2.45) is 17.8 Å². The first kappa shape index (κ1) is 26.9. The number of aryl methyl sites for hydroxylation is 1. The molecule has 0 aromatic heterocycles. The number of carbonyl (C=O) groups is 3. The molecule has 1 fully saturated rings. The first-order valence-corrected chi connectivity index (χ1v) is 12.5. The lowest BCUT2D eigenvalue weighted by Crippen LogP contribution is -2.63. The molecular formula is C26H30INO7. The SMILES string of the molecule is C=CCOOC(=O)C(C)C1C(=O)N2C(C(=O)OCC=C)=C(COc3ccc(CC)cc3I)[C@H](C)C12. The second-order valence-electron chi connectivity index (χ2n) is 8.45. The topological polar surface area (TPSA) is 91.4 Å². The maximum atomic E-state index is 13.2. The summed E-state index contributed by atoms with van der Waals surface area (Å²) in [5.74, 6) is -2.57. The van der Waals surface area contributed by atoms with E-state index in [0.29, 0.717) is 11.3 Å². The van der Waals surface area contributed by atoms with E-state index in [1.165, 1.54) is 22.6 Å².